The fraction of sp³-hybridized carbons (Fsp3) is 0.286. The largest absolute Gasteiger partial charge is 0.384 e. The van der Waals surface area contributed by atoms with Crippen molar-refractivity contribution in [2.75, 3.05) is 11.9 Å². The highest BCUT2D eigenvalue weighted by atomic mass is 32.1. The number of rotatable bonds is 6. The molecule has 0 aliphatic rings. The predicted octanol–water partition coefficient (Wildman–Crippen LogP) is 3.14. The van der Waals surface area contributed by atoms with E-state index in [0.29, 0.717) is 12.2 Å². The maximum absolute atomic E-state index is 10.7. The normalized spacial score (nSPS) is 10.1. The van der Waals surface area contributed by atoms with Crippen molar-refractivity contribution >= 4 is 22.7 Å². The number of nitriles is 1. The average molecular weight is 302 g/mol. The Balaban J connectivity index is 1.99. The van der Waals surface area contributed by atoms with Crippen LogP contribution in [0.2, 0.25) is 0 Å². The summed E-state index contributed by atoms with van der Waals surface area (Å²) < 4.78 is 0. The number of nitro groups is 1. The van der Waals surface area contributed by atoms with E-state index in [-0.39, 0.29) is 11.3 Å². The Labute approximate surface area is 126 Å². The van der Waals surface area contributed by atoms with Crippen LogP contribution in [-0.2, 0) is 12.8 Å². The lowest BCUT2D eigenvalue weighted by atomic mass is 10.1. The van der Waals surface area contributed by atoms with Crippen LogP contribution in [0.15, 0.2) is 24.4 Å². The molecule has 0 saturated heterocycles. The first-order chi connectivity index (χ1) is 10.1. The van der Waals surface area contributed by atoms with Crippen molar-refractivity contribution in [3.8, 4) is 6.07 Å². The van der Waals surface area contributed by atoms with Crippen molar-refractivity contribution in [3.05, 3.63) is 50.0 Å². The number of benzene rings is 1. The Kier molecular flexibility index (Phi) is 4.85. The van der Waals surface area contributed by atoms with Gasteiger partial charge in [0.25, 0.3) is 5.69 Å². The first-order valence-electron chi connectivity index (χ1n) is 6.50. The third-order valence-corrected chi connectivity index (χ3v) is 4.14. The summed E-state index contributed by atoms with van der Waals surface area (Å²) in [7, 11) is 0. The zero-order valence-corrected chi connectivity index (χ0v) is 12.3. The van der Waals surface area contributed by atoms with Gasteiger partial charge in [-0.1, -0.05) is 6.92 Å². The van der Waals surface area contributed by atoms with Gasteiger partial charge in [0.15, 0.2) is 0 Å². The highest BCUT2D eigenvalue weighted by Gasteiger charge is 2.10. The minimum absolute atomic E-state index is 0.0791. The van der Waals surface area contributed by atoms with Crippen LogP contribution in [0.25, 0.3) is 0 Å². The molecule has 0 saturated carbocycles. The van der Waals surface area contributed by atoms with Gasteiger partial charge >= 0.3 is 0 Å². The second-order valence-corrected chi connectivity index (χ2v) is 5.55. The summed E-state index contributed by atoms with van der Waals surface area (Å²) in [6.07, 6.45) is 3.62. The van der Waals surface area contributed by atoms with Gasteiger partial charge in [-0.2, -0.15) is 5.26 Å². The SMILES string of the molecule is CCc1cnc(CCNc2ccc([N+](=O)[O-])cc2C#N)s1. The van der Waals surface area contributed by atoms with Gasteiger partial charge in [0.1, 0.15) is 6.07 Å². The molecule has 21 heavy (non-hydrogen) atoms. The molecule has 0 amide bonds. The molecule has 0 radical (unpaired) electrons. The van der Waals surface area contributed by atoms with E-state index >= 15 is 0 Å². The van der Waals surface area contributed by atoms with Gasteiger partial charge in [0.05, 0.1) is 21.2 Å². The van der Waals surface area contributed by atoms with Crippen molar-refractivity contribution in [2.45, 2.75) is 19.8 Å². The Morgan fingerprint density at radius 1 is 1.52 bits per heavy atom. The molecule has 108 valence electrons. The van der Waals surface area contributed by atoms with Crippen molar-refractivity contribution in [1.29, 1.82) is 5.26 Å². The maximum atomic E-state index is 10.7. The molecule has 7 heteroatoms. The standard InChI is InChI=1S/C14H14N4O2S/c1-2-12-9-17-14(21-12)5-6-16-13-4-3-11(18(19)20)7-10(13)8-15/h3-4,7,9,16H,2,5-6H2,1H3. The zero-order chi connectivity index (χ0) is 15.2. The highest BCUT2D eigenvalue weighted by Crippen LogP contribution is 2.21. The monoisotopic (exact) mass is 302 g/mol. The number of anilines is 1. The fourth-order valence-corrected chi connectivity index (χ4v) is 2.69. The summed E-state index contributed by atoms with van der Waals surface area (Å²) in [6, 6.07) is 6.21. The Hall–Kier alpha value is -2.46. The van der Waals surface area contributed by atoms with E-state index in [0.717, 1.165) is 17.8 Å². The van der Waals surface area contributed by atoms with E-state index in [4.69, 9.17) is 5.26 Å². The molecule has 0 spiro atoms. The van der Waals surface area contributed by atoms with Crippen molar-refractivity contribution in [1.82, 2.24) is 4.98 Å². The Morgan fingerprint density at radius 3 is 2.95 bits per heavy atom. The van der Waals surface area contributed by atoms with Gasteiger partial charge in [-0.15, -0.1) is 11.3 Å². The van der Waals surface area contributed by atoms with Gasteiger partial charge in [-0.25, -0.2) is 4.98 Å². The number of nitrogens with zero attached hydrogens (tertiary/aromatic N) is 3. The van der Waals surface area contributed by atoms with Gasteiger partial charge in [-0.05, 0) is 12.5 Å². The molecule has 0 unspecified atom stereocenters. The molecule has 6 nitrogen and oxygen atoms in total. The minimum atomic E-state index is -0.507. The van der Waals surface area contributed by atoms with E-state index in [2.05, 4.69) is 17.2 Å². The number of aromatic nitrogens is 1. The molecular formula is C14H14N4O2S. The van der Waals surface area contributed by atoms with Crippen molar-refractivity contribution in [2.24, 2.45) is 0 Å². The van der Waals surface area contributed by atoms with Crippen LogP contribution in [0.1, 0.15) is 22.4 Å². The number of thiazole rings is 1. The number of aryl methyl sites for hydroxylation is 1. The van der Waals surface area contributed by atoms with Crippen LogP contribution in [0, 0.1) is 21.4 Å². The molecule has 0 atom stereocenters. The summed E-state index contributed by atoms with van der Waals surface area (Å²) in [4.78, 5) is 15.7. The molecule has 2 aromatic rings. The molecular weight excluding hydrogens is 288 g/mol. The van der Waals surface area contributed by atoms with E-state index in [1.165, 1.54) is 17.0 Å². The molecule has 1 N–H and O–H groups in total. The third kappa shape index (κ3) is 3.77. The third-order valence-electron chi connectivity index (χ3n) is 2.94. The molecule has 0 bridgehead atoms. The maximum Gasteiger partial charge on any atom is 0.270 e. The second kappa shape index (κ2) is 6.81. The molecule has 2 rings (SSSR count). The van der Waals surface area contributed by atoms with E-state index < -0.39 is 4.92 Å². The predicted molar refractivity (Wildman–Crippen MR) is 81.5 cm³/mol. The summed E-state index contributed by atoms with van der Waals surface area (Å²) in [5.41, 5.74) is 0.803. The molecule has 1 aromatic heterocycles. The quantitative estimate of drug-likeness (QED) is 0.653. The number of nitro benzene ring substituents is 1. The smallest absolute Gasteiger partial charge is 0.270 e. The number of non-ortho nitro benzene ring substituents is 1. The number of hydrogen-bond donors (Lipinski definition) is 1. The van der Waals surface area contributed by atoms with Crippen LogP contribution >= 0.6 is 11.3 Å². The summed E-state index contributed by atoms with van der Waals surface area (Å²) in [6.45, 7) is 2.72. The lowest BCUT2D eigenvalue weighted by Gasteiger charge is -2.06. The Morgan fingerprint density at radius 2 is 2.33 bits per heavy atom. The van der Waals surface area contributed by atoms with Gasteiger partial charge in [0, 0.05) is 36.2 Å². The first kappa shape index (κ1) is 14.9. The summed E-state index contributed by atoms with van der Waals surface area (Å²) in [5, 5.41) is 23.9. The van der Waals surface area contributed by atoms with E-state index in [1.807, 2.05) is 12.3 Å². The highest BCUT2D eigenvalue weighted by molar-refractivity contribution is 7.11. The van der Waals surface area contributed by atoms with Crippen molar-refractivity contribution < 1.29 is 4.92 Å². The second-order valence-electron chi connectivity index (χ2n) is 4.35. The molecule has 0 fully saturated rings. The van der Waals surface area contributed by atoms with E-state index in [9.17, 15) is 10.1 Å². The van der Waals surface area contributed by atoms with Gasteiger partial charge in [-0.3, -0.25) is 10.1 Å². The first-order valence-corrected chi connectivity index (χ1v) is 7.31. The lowest BCUT2D eigenvalue weighted by Crippen LogP contribution is -2.06. The van der Waals surface area contributed by atoms with Crippen LogP contribution in [0.3, 0.4) is 0 Å². The van der Waals surface area contributed by atoms with Crippen LogP contribution in [0.5, 0.6) is 0 Å². The molecule has 1 aromatic carbocycles. The summed E-state index contributed by atoms with van der Waals surface area (Å²) >= 11 is 1.68. The zero-order valence-electron chi connectivity index (χ0n) is 11.5. The number of hydrogen-bond acceptors (Lipinski definition) is 6. The van der Waals surface area contributed by atoms with Crippen LogP contribution in [-0.4, -0.2) is 16.5 Å². The van der Waals surface area contributed by atoms with Gasteiger partial charge in [0.2, 0.25) is 0 Å². The molecule has 1 heterocycles. The Bertz CT molecular complexity index is 691. The molecule has 0 aliphatic carbocycles. The minimum Gasteiger partial charge on any atom is -0.384 e. The lowest BCUT2D eigenvalue weighted by molar-refractivity contribution is -0.384. The average Bonchev–Trinajstić information content (AvgIpc) is 2.95. The topological polar surface area (TPSA) is 91.8 Å². The molecule has 0 aliphatic heterocycles. The number of nitrogens with one attached hydrogen (secondary N) is 1. The van der Waals surface area contributed by atoms with Crippen LogP contribution in [0.4, 0.5) is 11.4 Å². The fourth-order valence-electron chi connectivity index (χ4n) is 1.82. The van der Waals surface area contributed by atoms with Crippen LogP contribution < -0.4 is 5.32 Å². The van der Waals surface area contributed by atoms with E-state index in [1.54, 1.807) is 17.4 Å². The van der Waals surface area contributed by atoms with Gasteiger partial charge < -0.3 is 5.32 Å². The summed E-state index contributed by atoms with van der Waals surface area (Å²) in [5.74, 6) is 0. The van der Waals surface area contributed by atoms with Crippen molar-refractivity contribution in [3.63, 3.8) is 0 Å².